The van der Waals surface area contributed by atoms with Crippen LogP contribution in [0, 0.1) is 6.92 Å². The molecule has 0 atom stereocenters. The van der Waals surface area contributed by atoms with Crippen LogP contribution in [0.5, 0.6) is 0 Å². The van der Waals surface area contributed by atoms with E-state index in [-0.39, 0.29) is 12.3 Å². The number of hydrogen-bond acceptors (Lipinski definition) is 4. The Labute approximate surface area is 125 Å². The molecule has 0 aliphatic rings. The van der Waals surface area contributed by atoms with E-state index in [2.05, 4.69) is 16.8 Å². The predicted molar refractivity (Wildman–Crippen MR) is 81.1 cm³/mol. The van der Waals surface area contributed by atoms with Crippen molar-refractivity contribution in [1.29, 1.82) is 0 Å². The maximum Gasteiger partial charge on any atom is 0.216 e. The minimum atomic E-state index is -3.39. The fourth-order valence-electron chi connectivity index (χ4n) is 1.95. The van der Waals surface area contributed by atoms with Crippen molar-refractivity contribution in [3.8, 4) is 0 Å². The van der Waals surface area contributed by atoms with Crippen LogP contribution in [0.3, 0.4) is 0 Å². The zero-order chi connectivity index (χ0) is 15.3. The van der Waals surface area contributed by atoms with E-state index in [0.29, 0.717) is 5.76 Å². The highest BCUT2D eigenvalue weighted by Crippen LogP contribution is 2.09. The maximum atomic E-state index is 12.0. The summed E-state index contributed by atoms with van der Waals surface area (Å²) >= 11 is 0. The van der Waals surface area contributed by atoms with E-state index in [1.165, 1.54) is 0 Å². The molecule has 0 bridgehead atoms. The Morgan fingerprint density at radius 1 is 1.24 bits per heavy atom. The Bertz CT molecular complexity index is 675. The van der Waals surface area contributed by atoms with Crippen LogP contribution >= 0.6 is 0 Å². The standard InChI is InChI=1S/C15H20N2O3S/c1-3-4-14-9-15(20-17-14)10-16-21(18,19)11-13-7-5-12(2)6-8-13/h5-9,16H,3-4,10-11H2,1-2H3. The number of nitrogens with one attached hydrogen (secondary N) is 1. The zero-order valence-corrected chi connectivity index (χ0v) is 13.1. The van der Waals surface area contributed by atoms with Crippen LogP contribution in [0.2, 0.25) is 0 Å². The molecule has 21 heavy (non-hydrogen) atoms. The van der Waals surface area contributed by atoms with Crippen molar-refractivity contribution in [3.63, 3.8) is 0 Å². The third kappa shape index (κ3) is 4.99. The predicted octanol–water partition coefficient (Wildman–Crippen LogP) is 2.56. The highest BCUT2D eigenvalue weighted by molar-refractivity contribution is 7.88. The normalized spacial score (nSPS) is 11.7. The molecule has 114 valence electrons. The third-order valence-electron chi connectivity index (χ3n) is 3.06. The van der Waals surface area contributed by atoms with Crippen LogP contribution in [0.1, 0.15) is 35.9 Å². The van der Waals surface area contributed by atoms with Gasteiger partial charge in [-0.1, -0.05) is 48.3 Å². The summed E-state index contributed by atoms with van der Waals surface area (Å²) in [6, 6.07) is 9.24. The Hall–Kier alpha value is -1.66. The van der Waals surface area contributed by atoms with E-state index < -0.39 is 10.0 Å². The summed E-state index contributed by atoms with van der Waals surface area (Å²) in [5.74, 6) is 0.495. The SMILES string of the molecule is CCCc1cc(CNS(=O)(=O)Cc2ccc(C)cc2)on1. The van der Waals surface area contributed by atoms with E-state index >= 15 is 0 Å². The molecule has 1 aromatic carbocycles. The van der Waals surface area contributed by atoms with Gasteiger partial charge in [-0.3, -0.25) is 0 Å². The number of benzene rings is 1. The molecule has 1 aromatic heterocycles. The second-order valence-corrected chi connectivity index (χ2v) is 6.91. The minimum absolute atomic E-state index is 0.0385. The van der Waals surface area contributed by atoms with Gasteiger partial charge in [0.15, 0.2) is 5.76 Å². The first-order chi connectivity index (χ1) is 9.98. The van der Waals surface area contributed by atoms with Gasteiger partial charge in [0, 0.05) is 6.07 Å². The highest BCUT2D eigenvalue weighted by atomic mass is 32.2. The zero-order valence-electron chi connectivity index (χ0n) is 12.3. The Morgan fingerprint density at radius 2 is 1.95 bits per heavy atom. The molecule has 6 heteroatoms. The number of hydrogen-bond donors (Lipinski definition) is 1. The lowest BCUT2D eigenvalue weighted by Crippen LogP contribution is -2.24. The molecule has 0 aliphatic heterocycles. The number of nitrogens with zero attached hydrogens (tertiary/aromatic N) is 1. The number of aromatic nitrogens is 1. The van der Waals surface area contributed by atoms with E-state index in [0.717, 1.165) is 29.7 Å². The van der Waals surface area contributed by atoms with E-state index in [1.54, 1.807) is 6.07 Å². The molecule has 0 spiro atoms. The first-order valence-electron chi connectivity index (χ1n) is 6.96. The summed E-state index contributed by atoms with van der Waals surface area (Å²) in [6.07, 6.45) is 1.81. The van der Waals surface area contributed by atoms with Crippen LogP contribution in [-0.2, 0) is 28.7 Å². The molecule has 0 radical (unpaired) electrons. The first kappa shape index (κ1) is 15.7. The van der Waals surface area contributed by atoms with Gasteiger partial charge in [-0.25, -0.2) is 13.1 Å². The monoisotopic (exact) mass is 308 g/mol. The molecule has 0 saturated carbocycles. The van der Waals surface area contributed by atoms with Crippen LogP contribution in [0.4, 0.5) is 0 Å². The lowest BCUT2D eigenvalue weighted by atomic mass is 10.2. The smallest absolute Gasteiger partial charge is 0.216 e. The van der Waals surface area contributed by atoms with Crippen LogP contribution in [-0.4, -0.2) is 13.6 Å². The minimum Gasteiger partial charge on any atom is -0.360 e. The molecular formula is C15H20N2O3S. The van der Waals surface area contributed by atoms with Gasteiger partial charge in [0.25, 0.3) is 0 Å². The molecule has 1 heterocycles. The summed E-state index contributed by atoms with van der Waals surface area (Å²) in [5.41, 5.74) is 2.72. The number of rotatable bonds is 7. The van der Waals surface area contributed by atoms with Gasteiger partial charge in [0.1, 0.15) is 0 Å². The van der Waals surface area contributed by atoms with Crippen LogP contribution in [0.25, 0.3) is 0 Å². The van der Waals surface area contributed by atoms with Crippen molar-refractivity contribution in [1.82, 2.24) is 9.88 Å². The molecule has 0 saturated heterocycles. The van der Waals surface area contributed by atoms with Gasteiger partial charge in [0.2, 0.25) is 10.0 Å². The van der Waals surface area contributed by atoms with Gasteiger partial charge >= 0.3 is 0 Å². The Kier molecular flexibility index (Phi) is 5.14. The van der Waals surface area contributed by atoms with Crippen molar-refractivity contribution in [3.05, 3.63) is 52.9 Å². The maximum absolute atomic E-state index is 12.0. The van der Waals surface area contributed by atoms with Crippen molar-refractivity contribution < 1.29 is 12.9 Å². The second-order valence-electron chi connectivity index (χ2n) is 5.10. The van der Waals surface area contributed by atoms with Crippen molar-refractivity contribution in [2.45, 2.75) is 39.0 Å². The van der Waals surface area contributed by atoms with E-state index in [4.69, 9.17) is 4.52 Å². The molecule has 1 N–H and O–H groups in total. The summed E-state index contributed by atoms with van der Waals surface area (Å²) in [4.78, 5) is 0. The summed E-state index contributed by atoms with van der Waals surface area (Å²) in [7, 11) is -3.39. The van der Waals surface area contributed by atoms with Crippen LogP contribution in [0.15, 0.2) is 34.9 Å². The van der Waals surface area contributed by atoms with Gasteiger partial charge in [-0.05, 0) is 18.9 Å². The number of sulfonamides is 1. The largest absolute Gasteiger partial charge is 0.360 e. The first-order valence-corrected chi connectivity index (χ1v) is 8.61. The number of aryl methyl sites for hydroxylation is 2. The molecule has 2 aromatic rings. The quantitative estimate of drug-likeness (QED) is 0.853. The fourth-order valence-corrected chi connectivity index (χ4v) is 3.04. The Morgan fingerprint density at radius 3 is 2.62 bits per heavy atom. The van der Waals surface area contributed by atoms with Crippen LogP contribution < -0.4 is 4.72 Å². The van der Waals surface area contributed by atoms with E-state index in [9.17, 15) is 8.42 Å². The molecule has 0 unspecified atom stereocenters. The van der Waals surface area contributed by atoms with Gasteiger partial charge in [-0.2, -0.15) is 0 Å². The third-order valence-corrected chi connectivity index (χ3v) is 4.36. The molecule has 0 fully saturated rings. The van der Waals surface area contributed by atoms with Gasteiger partial charge < -0.3 is 4.52 Å². The van der Waals surface area contributed by atoms with Crippen molar-refractivity contribution in [2.24, 2.45) is 0 Å². The Balaban J connectivity index is 1.92. The topological polar surface area (TPSA) is 72.2 Å². The van der Waals surface area contributed by atoms with E-state index in [1.807, 2.05) is 31.2 Å². The molecular weight excluding hydrogens is 288 g/mol. The van der Waals surface area contributed by atoms with Gasteiger partial charge in [0.05, 0.1) is 18.0 Å². The average molecular weight is 308 g/mol. The van der Waals surface area contributed by atoms with Crippen molar-refractivity contribution in [2.75, 3.05) is 0 Å². The lowest BCUT2D eigenvalue weighted by Gasteiger charge is -2.05. The summed E-state index contributed by atoms with van der Waals surface area (Å²) < 4.78 is 31.7. The highest BCUT2D eigenvalue weighted by Gasteiger charge is 2.13. The van der Waals surface area contributed by atoms with Crippen molar-refractivity contribution >= 4 is 10.0 Å². The summed E-state index contributed by atoms with van der Waals surface area (Å²) in [6.45, 7) is 4.15. The van der Waals surface area contributed by atoms with Gasteiger partial charge in [-0.15, -0.1) is 0 Å². The second kappa shape index (κ2) is 6.87. The fraction of sp³-hybridized carbons (Fsp3) is 0.400. The lowest BCUT2D eigenvalue weighted by molar-refractivity contribution is 0.374. The molecule has 5 nitrogen and oxygen atoms in total. The average Bonchev–Trinajstić information content (AvgIpc) is 2.87. The summed E-state index contributed by atoms with van der Waals surface area (Å²) in [5, 5.41) is 3.89. The molecule has 2 rings (SSSR count). The molecule has 0 aliphatic carbocycles. The molecule has 0 amide bonds.